The van der Waals surface area contributed by atoms with Gasteiger partial charge in [-0.15, -0.1) is 11.3 Å². The zero-order valence-corrected chi connectivity index (χ0v) is 20.9. The minimum Gasteiger partial charge on any atom is -0.493 e. The number of aryl methyl sites for hydroxylation is 1. The van der Waals surface area contributed by atoms with Gasteiger partial charge in [0.1, 0.15) is 0 Å². The Balaban J connectivity index is 1.44. The molecule has 3 aromatic carbocycles. The fourth-order valence-corrected chi connectivity index (χ4v) is 5.90. The van der Waals surface area contributed by atoms with E-state index in [1.807, 2.05) is 18.2 Å². The van der Waals surface area contributed by atoms with E-state index in [0.29, 0.717) is 11.5 Å². The van der Waals surface area contributed by atoms with Crippen LogP contribution in [0.5, 0.6) is 11.5 Å². The van der Waals surface area contributed by atoms with Crippen molar-refractivity contribution in [3.8, 4) is 33.9 Å². The average molecular weight is 488 g/mol. The molecule has 5 rings (SSSR count). The SMILES string of the molecule is CCCc1sc(Nc2nc3cc(OC)c(OC)cc3s2)nc1-c1ccc(-c2ccccc2)cc1. The smallest absolute Gasteiger partial charge is 0.190 e. The molecule has 0 bridgehead atoms. The summed E-state index contributed by atoms with van der Waals surface area (Å²) in [7, 11) is 3.27. The van der Waals surface area contributed by atoms with E-state index < -0.39 is 0 Å². The molecule has 0 saturated carbocycles. The first-order chi connectivity index (χ1) is 16.7. The third-order valence-corrected chi connectivity index (χ3v) is 7.51. The van der Waals surface area contributed by atoms with Gasteiger partial charge in [0, 0.05) is 22.6 Å². The summed E-state index contributed by atoms with van der Waals surface area (Å²) in [6, 6.07) is 23.0. The Kier molecular flexibility index (Phi) is 6.47. The molecule has 2 aromatic heterocycles. The number of thiazole rings is 2. The Morgan fingerprint density at radius 3 is 2.12 bits per heavy atom. The van der Waals surface area contributed by atoms with Gasteiger partial charge in [-0.05, 0) is 17.5 Å². The van der Waals surface area contributed by atoms with Crippen molar-refractivity contribution < 1.29 is 9.47 Å². The first-order valence-electron chi connectivity index (χ1n) is 11.1. The minimum atomic E-state index is 0.674. The molecule has 0 aliphatic heterocycles. The highest BCUT2D eigenvalue weighted by molar-refractivity contribution is 7.22. The molecule has 0 spiro atoms. The summed E-state index contributed by atoms with van der Waals surface area (Å²) in [6.45, 7) is 2.20. The van der Waals surface area contributed by atoms with E-state index in [-0.39, 0.29) is 0 Å². The number of hydrogen-bond donors (Lipinski definition) is 1. The quantitative estimate of drug-likeness (QED) is 0.242. The summed E-state index contributed by atoms with van der Waals surface area (Å²) < 4.78 is 11.9. The first-order valence-corrected chi connectivity index (χ1v) is 12.8. The van der Waals surface area contributed by atoms with Gasteiger partial charge in [0.05, 0.1) is 30.1 Å². The van der Waals surface area contributed by atoms with Crippen LogP contribution in [0.4, 0.5) is 10.3 Å². The first kappa shape index (κ1) is 22.4. The van der Waals surface area contributed by atoms with E-state index in [1.165, 1.54) is 16.0 Å². The van der Waals surface area contributed by atoms with Crippen LogP contribution in [-0.4, -0.2) is 24.2 Å². The van der Waals surface area contributed by atoms with Crippen molar-refractivity contribution in [1.29, 1.82) is 0 Å². The number of ether oxygens (including phenoxy) is 2. The van der Waals surface area contributed by atoms with Gasteiger partial charge in [-0.25, -0.2) is 9.97 Å². The summed E-state index contributed by atoms with van der Waals surface area (Å²) in [5.41, 5.74) is 5.46. The summed E-state index contributed by atoms with van der Waals surface area (Å²) in [5, 5.41) is 5.08. The van der Waals surface area contributed by atoms with Gasteiger partial charge in [-0.3, -0.25) is 0 Å². The molecular formula is C27H25N3O2S2. The van der Waals surface area contributed by atoms with Gasteiger partial charge in [0.15, 0.2) is 21.8 Å². The molecule has 0 amide bonds. The molecule has 0 aliphatic rings. The lowest BCUT2D eigenvalue weighted by Gasteiger charge is -2.05. The fraction of sp³-hybridized carbons (Fsp3) is 0.185. The van der Waals surface area contributed by atoms with E-state index in [4.69, 9.17) is 19.4 Å². The van der Waals surface area contributed by atoms with E-state index in [9.17, 15) is 0 Å². The number of nitrogens with one attached hydrogen (secondary N) is 1. The second-order valence-corrected chi connectivity index (χ2v) is 9.92. The monoisotopic (exact) mass is 487 g/mol. The number of fused-ring (bicyclic) bond motifs is 1. The average Bonchev–Trinajstić information content (AvgIpc) is 3.46. The Labute approximate surface area is 207 Å². The van der Waals surface area contributed by atoms with Crippen molar-refractivity contribution in [1.82, 2.24) is 9.97 Å². The standard InChI is InChI=1S/C27H25N3O2S2/c1-4-8-23-25(19-13-11-18(12-14-19)17-9-6-5-7-10-17)29-27(33-23)30-26-28-20-15-21(31-2)22(32-3)16-24(20)34-26/h5-7,9-16H,4,8H2,1-3H3,(H,28,29,30). The third kappa shape index (κ3) is 4.49. The molecule has 172 valence electrons. The summed E-state index contributed by atoms with van der Waals surface area (Å²) in [5.74, 6) is 1.37. The highest BCUT2D eigenvalue weighted by Gasteiger charge is 2.16. The molecule has 0 unspecified atom stereocenters. The van der Waals surface area contributed by atoms with Crippen molar-refractivity contribution in [2.45, 2.75) is 19.8 Å². The number of hydrogen-bond acceptors (Lipinski definition) is 7. The molecular weight excluding hydrogens is 462 g/mol. The zero-order valence-electron chi connectivity index (χ0n) is 19.3. The van der Waals surface area contributed by atoms with E-state index in [0.717, 1.165) is 44.6 Å². The van der Waals surface area contributed by atoms with Crippen molar-refractivity contribution in [2.24, 2.45) is 0 Å². The molecule has 34 heavy (non-hydrogen) atoms. The van der Waals surface area contributed by atoms with Gasteiger partial charge >= 0.3 is 0 Å². The molecule has 7 heteroatoms. The molecule has 2 heterocycles. The van der Waals surface area contributed by atoms with Crippen LogP contribution >= 0.6 is 22.7 Å². The van der Waals surface area contributed by atoms with E-state index in [1.54, 1.807) is 36.9 Å². The predicted molar refractivity (Wildman–Crippen MR) is 143 cm³/mol. The second kappa shape index (κ2) is 9.83. The van der Waals surface area contributed by atoms with Crippen LogP contribution in [0.25, 0.3) is 32.6 Å². The van der Waals surface area contributed by atoms with Crippen LogP contribution in [0.1, 0.15) is 18.2 Å². The lowest BCUT2D eigenvalue weighted by atomic mass is 10.0. The van der Waals surface area contributed by atoms with Crippen molar-refractivity contribution in [3.63, 3.8) is 0 Å². The molecule has 5 nitrogen and oxygen atoms in total. The summed E-state index contributed by atoms with van der Waals surface area (Å²) in [6.07, 6.45) is 2.06. The van der Waals surface area contributed by atoms with Crippen LogP contribution in [0.3, 0.4) is 0 Å². The second-order valence-electron chi connectivity index (χ2n) is 7.80. The minimum absolute atomic E-state index is 0.674. The van der Waals surface area contributed by atoms with Gasteiger partial charge in [-0.2, -0.15) is 0 Å². The van der Waals surface area contributed by atoms with Crippen LogP contribution < -0.4 is 14.8 Å². The van der Waals surface area contributed by atoms with Crippen molar-refractivity contribution in [3.05, 3.63) is 71.6 Å². The molecule has 0 aliphatic carbocycles. The highest BCUT2D eigenvalue weighted by atomic mass is 32.1. The van der Waals surface area contributed by atoms with Gasteiger partial charge in [0.25, 0.3) is 0 Å². The topological polar surface area (TPSA) is 56.3 Å². The number of aromatic nitrogens is 2. The molecule has 0 atom stereocenters. The largest absolute Gasteiger partial charge is 0.493 e. The zero-order chi connectivity index (χ0) is 23.5. The maximum atomic E-state index is 5.43. The predicted octanol–water partition coefficient (Wildman–Crippen LogP) is 7.80. The molecule has 1 N–H and O–H groups in total. The maximum Gasteiger partial charge on any atom is 0.190 e. The van der Waals surface area contributed by atoms with Gasteiger partial charge in [0.2, 0.25) is 0 Å². The lowest BCUT2D eigenvalue weighted by molar-refractivity contribution is 0.356. The fourth-order valence-electron chi connectivity index (χ4n) is 3.88. The Hall–Kier alpha value is -3.42. The normalized spacial score (nSPS) is 11.0. The molecule has 0 fully saturated rings. The molecule has 0 radical (unpaired) electrons. The summed E-state index contributed by atoms with van der Waals surface area (Å²) in [4.78, 5) is 11.0. The molecule has 5 aromatic rings. The van der Waals surface area contributed by atoms with E-state index in [2.05, 4.69) is 60.8 Å². The van der Waals surface area contributed by atoms with Crippen molar-refractivity contribution >= 4 is 43.2 Å². The van der Waals surface area contributed by atoms with Gasteiger partial charge < -0.3 is 14.8 Å². The Morgan fingerprint density at radius 2 is 1.41 bits per heavy atom. The summed E-state index contributed by atoms with van der Waals surface area (Å²) >= 11 is 3.27. The highest BCUT2D eigenvalue weighted by Crippen LogP contribution is 2.39. The number of benzene rings is 3. The van der Waals surface area contributed by atoms with Crippen LogP contribution in [0.15, 0.2) is 66.7 Å². The number of nitrogens with zero attached hydrogens (tertiary/aromatic N) is 2. The number of anilines is 2. The Bertz CT molecular complexity index is 1370. The van der Waals surface area contributed by atoms with Gasteiger partial charge in [-0.1, -0.05) is 79.3 Å². The number of methoxy groups -OCH3 is 2. The molecule has 0 saturated heterocycles. The van der Waals surface area contributed by atoms with E-state index >= 15 is 0 Å². The Morgan fingerprint density at radius 1 is 0.765 bits per heavy atom. The maximum absolute atomic E-state index is 5.43. The number of rotatable bonds is 8. The lowest BCUT2D eigenvalue weighted by Crippen LogP contribution is -1.90. The van der Waals surface area contributed by atoms with Crippen LogP contribution in [-0.2, 0) is 6.42 Å². The third-order valence-electron chi connectivity index (χ3n) is 5.55. The van der Waals surface area contributed by atoms with Crippen LogP contribution in [0.2, 0.25) is 0 Å². The van der Waals surface area contributed by atoms with Crippen molar-refractivity contribution in [2.75, 3.05) is 19.5 Å². The van der Waals surface area contributed by atoms with Crippen LogP contribution in [0, 0.1) is 0 Å².